The molecule has 5 heteroatoms. The van der Waals surface area contributed by atoms with E-state index in [1.54, 1.807) is 0 Å². The summed E-state index contributed by atoms with van der Waals surface area (Å²) in [5.74, 6) is 0.0734. The molecular weight excluding hydrogens is 366 g/mol. The minimum atomic E-state index is 0.0734. The molecule has 0 bridgehead atoms. The molecule has 4 nitrogen and oxygen atoms in total. The predicted molar refractivity (Wildman–Crippen MR) is 102 cm³/mol. The lowest BCUT2D eigenvalue weighted by Crippen LogP contribution is -2.23. The first-order valence-corrected chi connectivity index (χ1v) is 9.06. The summed E-state index contributed by atoms with van der Waals surface area (Å²) < 4.78 is 0.967. The second kappa shape index (κ2) is 10.2. The van der Waals surface area contributed by atoms with E-state index < -0.39 is 0 Å². The predicted octanol–water partition coefficient (Wildman–Crippen LogP) is 4.13. The fraction of sp³-hybridized carbons (Fsp3) is 0.368. The molecular formula is C19H24BrN3O. The van der Waals surface area contributed by atoms with Crippen LogP contribution >= 0.6 is 15.9 Å². The van der Waals surface area contributed by atoms with Crippen molar-refractivity contribution in [2.24, 2.45) is 0 Å². The summed E-state index contributed by atoms with van der Waals surface area (Å²) >= 11 is 3.40. The van der Waals surface area contributed by atoms with Gasteiger partial charge in [-0.2, -0.15) is 0 Å². The standard InChI is InChI=1S/C19H24BrN3O/c1-23(14-11-17-8-2-4-12-21-17)13-5-3-10-19(24)22-18-9-6-7-16(20)15-18/h2,4,6-9,12,15H,3,5,10-11,13-14H2,1H3,(H,22,24). The fourth-order valence-corrected chi connectivity index (χ4v) is 2.82. The molecule has 1 N–H and O–H groups in total. The van der Waals surface area contributed by atoms with Gasteiger partial charge in [0, 0.05) is 41.4 Å². The molecule has 0 unspecified atom stereocenters. The topological polar surface area (TPSA) is 45.2 Å². The number of carbonyl (C=O) groups excluding carboxylic acids is 1. The number of pyridine rings is 1. The minimum Gasteiger partial charge on any atom is -0.326 e. The van der Waals surface area contributed by atoms with Gasteiger partial charge in [0.25, 0.3) is 0 Å². The first kappa shape index (κ1) is 18.6. The second-order valence-electron chi connectivity index (χ2n) is 5.89. The van der Waals surface area contributed by atoms with Crippen molar-refractivity contribution >= 4 is 27.5 Å². The molecule has 0 aliphatic rings. The van der Waals surface area contributed by atoms with E-state index in [0.29, 0.717) is 6.42 Å². The van der Waals surface area contributed by atoms with Gasteiger partial charge < -0.3 is 10.2 Å². The molecule has 0 radical (unpaired) electrons. The number of halogens is 1. The minimum absolute atomic E-state index is 0.0734. The van der Waals surface area contributed by atoms with E-state index in [2.05, 4.69) is 44.2 Å². The normalized spacial score (nSPS) is 10.8. The molecule has 2 aromatic rings. The number of aromatic nitrogens is 1. The Hall–Kier alpha value is -1.72. The lowest BCUT2D eigenvalue weighted by atomic mass is 10.2. The molecule has 128 valence electrons. The summed E-state index contributed by atoms with van der Waals surface area (Å²) in [7, 11) is 2.12. The van der Waals surface area contributed by atoms with Crippen molar-refractivity contribution in [3.8, 4) is 0 Å². The van der Waals surface area contributed by atoms with E-state index in [4.69, 9.17) is 0 Å². The Balaban J connectivity index is 1.57. The zero-order valence-corrected chi connectivity index (χ0v) is 15.6. The number of hydrogen-bond acceptors (Lipinski definition) is 3. The van der Waals surface area contributed by atoms with E-state index in [1.807, 2.05) is 42.6 Å². The largest absolute Gasteiger partial charge is 0.326 e. The summed E-state index contributed by atoms with van der Waals surface area (Å²) in [6.45, 7) is 1.98. The van der Waals surface area contributed by atoms with Crippen LogP contribution in [0.4, 0.5) is 5.69 Å². The van der Waals surface area contributed by atoms with Crippen LogP contribution in [0.2, 0.25) is 0 Å². The Morgan fingerprint density at radius 3 is 2.79 bits per heavy atom. The molecule has 0 aliphatic carbocycles. The molecule has 24 heavy (non-hydrogen) atoms. The Morgan fingerprint density at radius 1 is 1.17 bits per heavy atom. The zero-order chi connectivity index (χ0) is 17.2. The van der Waals surface area contributed by atoms with Gasteiger partial charge in [-0.05, 0) is 56.8 Å². The van der Waals surface area contributed by atoms with E-state index in [1.165, 1.54) is 0 Å². The van der Waals surface area contributed by atoms with Gasteiger partial charge in [0.15, 0.2) is 0 Å². The molecule has 1 aromatic heterocycles. The van der Waals surface area contributed by atoms with Gasteiger partial charge in [-0.15, -0.1) is 0 Å². The molecule has 1 amide bonds. The van der Waals surface area contributed by atoms with E-state index in [0.717, 1.165) is 48.2 Å². The number of nitrogens with zero attached hydrogens (tertiary/aromatic N) is 2. The van der Waals surface area contributed by atoms with Crippen LogP contribution in [0.5, 0.6) is 0 Å². The van der Waals surface area contributed by atoms with Crippen LogP contribution in [-0.2, 0) is 11.2 Å². The number of rotatable bonds is 9. The summed E-state index contributed by atoms with van der Waals surface area (Å²) in [6.07, 6.45) is 5.26. The monoisotopic (exact) mass is 389 g/mol. The van der Waals surface area contributed by atoms with Crippen LogP contribution in [0.25, 0.3) is 0 Å². The van der Waals surface area contributed by atoms with Crippen LogP contribution in [0.15, 0.2) is 53.1 Å². The smallest absolute Gasteiger partial charge is 0.224 e. The van der Waals surface area contributed by atoms with Crippen LogP contribution in [0.1, 0.15) is 25.0 Å². The summed E-state index contributed by atoms with van der Waals surface area (Å²) in [6, 6.07) is 13.7. The highest BCUT2D eigenvalue weighted by Gasteiger charge is 2.04. The van der Waals surface area contributed by atoms with E-state index in [-0.39, 0.29) is 5.91 Å². The highest BCUT2D eigenvalue weighted by Crippen LogP contribution is 2.16. The van der Waals surface area contributed by atoms with Crippen molar-refractivity contribution in [2.45, 2.75) is 25.7 Å². The molecule has 0 saturated carbocycles. The lowest BCUT2D eigenvalue weighted by molar-refractivity contribution is -0.116. The molecule has 2 rings (SSSR count). The van der Waals surface area contributed by atoms with Crippen molar-refractivity contribution in [2.75, 3.05) is 25.5 Å². The number of hydrogen-bond donors (Lipinski definition) is 1. The van der Waals surface area contributed by atoms with Gasteiger partial charge in [0.05, 0.1) is 0 Å². The molecule has 0 saturated heterocycles. The quantitative estimate of drug-likeness (QED) is 0.655. The van der Waals surface area contributed by atoms with Gasteiger partial charge in [0.1, 0.15) is 0 Å². The van der Waals surface area contributed by atoms with Gasteiger partial charge in [-0.25, -0.2) is 0 Å². The Morgan fingerprint density at radius 2 is 2.04 bits per heavy atom. The van der Waals surface area contributed by atoms with Crippen LogP contribution < -0.4 is 5.32 Å². The summed E-state index contributed by atoms with van der Waals surface area (Å²) in [4.78, 5) is 18.6. The summed E-state index contributed by atoms with van der Waals surface area (Å²) in [5, 5.41) is 2.93. The maximum atomic E-state index is 11.9. The molecule has 0 fully saturated rings. The van der Waals surface area contributed by atoms with E-state index in [9.17, 15) is 4.79 Å². The maximum absolute atomic E-state index is 11.9. The molecule has 0 atom stereocenters. The number of nitrogens with one attached hydrogen (secondary N) is 1. The lowest BCUT2D eigenvalue weighted by Gasteiger charge is -2.16. The van der Waals surface area contributed by atoms with E-state index >= 15 is 0 Å². The van der Waals surface area contributed by atoms with Gasteiger partial charge in [-0.3, -0.25) is 9.78 Å². The van der Waals surface area contributed by atoms with Crippen molar-refractivity contribution in [3.63, 3.8) is 0 Å². The first-order chi connectivity index (χ1) is 11.6. The number of amides is 1. The number of benzene rings is 1. The first-order valence-electron chi connectivity index (χ1n) is 8.27. The van der Waals surface area contributed by atoms with Crippen molar-refractivity contribution in [1.82, 2.24) is 9.88 Å². The van der Waals surface area contributed by atoms with Crippen molar-refractivity contribution < 1.29 is 4.79 Å². The Bertz CT molecular complexity index is 634. The van der Waals surface area contributed by atoms with Crippen molar-refractivity contribution in [3.05, 3.63) is 58.8 Å². The number of likely N-dealkylation sites (N-methyl/N-ethyl adjacent to an activating group) is 1. The van der Waals surface area contributed by atoms with Crippen LogP contribution in [0, 0.1) is 0 Å². The fourth-order valence-electron chi connectivity index (χ4n) is 2.42. The van der Waals surface area contributed by atoms with Gasteiger partial charge >= 0.3 is 0 Å². The highest BCUT2D eigenvalue weighted by atomic mass is 79.9. The maximum Gasteiger partial charge on any atom is 0.224 e. The highest BCUT2D eigenvalue weighted by molar-refractivity contribution is 9.10. The van der Waals surface area contributed by atoms with Crippen LogP contribution in [0.3, 0.4) is 0 Å². The average molecular weight is 390 g/mol. The van der Waals surface area contributed by atoms with Crippen LogP contribution in [-0.4, -0.2) is 35.9 Å². The average Bonchev–Trinajstić information content (AvgIpc) is 2.58. The summed E-state index contributed by atoms with van der Waals surface area (Å²) in [5.41, 5.74) is 1.96. The second-order valence-corrected chi connectivity index (χ2v) is 6.81. The van der Waals surface area contributed by atoms with Crippen molar-refractivity contribution in [1.29, 1.82) is 0 Å². The SMILES string of the molecule is CN(CCCCC(=O)Nc1cccc(Br)c1)CCc1ccccn1. The third-order valence-corrected chi connectivity index (χ3v) is 4.27. The van der Waals surface area contributed by atoms with Gasteiger partial charge in [-0.1, -0.05) is 28.1 Å². The Labute approximate surface area is 152 Å². The molecule has 1 aromatic carbocycles. The number of unbranched alkanes of at least 4 members (excludes halogenated alkanes) is 1. The molecule has 0 aliphatic heterocycles. The zero-order valence-electron chi connectivity index (χ0n) is 14.0. The third-order valence-electron chi connectivity index (χ3n) is 3.78. The third kappa shape index (κ3) is 7.23. The molecule has 1 heterocycles. The number of anilines is 1. The number of carbonyl (C=O) groups is 1. The van der Waals surface area contributed by atoms with Gasteiger partial charge in [0.2, 0.25) is 5.91 Å². The molecule has 0 spiro atoms. The Kier molecular flexibility index (Phi) is 7.92.